The molecule has 1 saturated heterocycles. The van der Waals surface area contributed by atoms with Gasteiger partial charge < -0.3 is 4.90 Å². The van der Waals surface area contributed by atoms with Gasteiger partial charge in [0.1, 0.15) is 5.82 Å². The Bertz CT molecular complexity index is 921. The van der Waals surface area contributed by atoms with Gasteiger partial charge in [-0.15, -0.1) is 0 Å². The third-order valence-corrected chi connectivity index (χ3v) is 5.10. The number of benzene rings is 1. The molecule has 6 nitrogen and oxygen atoms in total. The normalized spacial score (nSPS) is 16.6. The molecule has 3 heterocycles. The molecule has 4 rings (SSSR count). The molecule has 1 aliphatic heterocycles. The highest BCUT2D eigenvalue weighted by Gasteiger charge is 2.31. The van der Waals surface area contributed by atoms with Crippen LogP contribution in [0.15, 0.2) is 55.1 Å². The fourth-order valence-corrected chi connectivity index (χ4v) is 3.68. The summed E-state index contributed by atoms with van der Waals surface area (Å²) >= 11 is 0. The van der Waals surface area contributed by atoms with Crippen LogP contribution in [0.4, 0.5) is 0 Å². The molecule has 1 atom stereocenters. The van der Waals surface area contributed by atoms with Crippen LogP contribution in [-0.2, 0) is 11.2 Å². The zero-order valence-electron chi connectivity index (χ0n) is 15.5. The molecule has 1 amide bonds. The van der Waals surface area contributed by atoms with Gasteiger partial charge in [0.05, 0.1) is 24.1 Å². The van der Waals surface area contributed by atoms with Gasteiger partial charge in [-0.2, -0.15) is 0 Å². The number of aromatic nitrogens is 4. The minimum Gasteiger partial charge on any atom is -0.334 e. The molecule has 6 heteroatoms. The van der Waals surface area contributed by atoms with Crippen molar-refractivity contribution in [3.8, 4) is 5.82 Å². The summed E-state index contributed by atoms with van der Waals surface area (Å²) in [5.41, 5.74) is 2.05. The van der Waals surface area contributed by atoms with Crippen LogP contribution >= 0.6 is 0 Å². The molecule has 3 aromatic rings. The Morgan fingerprint density at radius 1 is 1.22 bits per heavy atom. The average molecular weight is 361 g/mol. The lowest BCUT2D eigenvalue weighted by atomic mass is 10.1. The summed E-state index contributed by atoms with van der Waals surface area (Å²) < 4.78 is 1.91. The SMILES string of the molecule is Cc1nccn1-c1cncc([C@H]2CCCN2C(=O)CCc2ccccc2)n1. The molecule has 0 N–H and O–H groups in total. The van der Waals surface area contributed by atoms with E-state index in [0.717, 1.165) is 43.1 Å². The zero-order valence-corrected chi connectivity index (χ0v) is 15.5. The minimum absolute atomic E-state index is 0.00421. The Labute approximate surface area is 158 Å². The predicted molar refractivity (Wildman–Crippen MR) is 102 cm³/mol. The summed E-state index contributed by atoms with van der Waals surface area (Å²) in [6.45, 7) is 2.72. The van der Waals surface area contributed by atoms with Crippen molar-refractivity contribution in [2.24, 2.45) is 0 Å². The smallest absolute Gasteiger partial charge is 0.223 e. The number of imidazole rings is 1. The maximum absolute atomic E-state index is 12.8. The van der Waals surface area contributed by atoms with E-state index in [9.17, 15) is 4.79 Å². The van der Waals surface area contributed by atoms with Crippen molar-refractivity contribution in [1.82, 2.24) is 24.4 Å². The molecule has 138 valence electrons. The number of rotatable bonds is 5. The number of carbonyl (C=O) groups is 1. The molecule has 1 aromatic carbocycles. The van der Waals surface area contributed by atoms with Crippen LogP contribution < -0.4 is 0 Å². The second kappa shape index (κ2) is 7.70. The Balaban J connectivity index is 1.50. The van der Waals surface area contributed by atoms with Crippen LogP contribution in [0.1, 0.15) is 42.4 Å². The van der Waals surface area contributed by atoms with E-state index >= 15 is 0 Å². The molecule has 27 heavy (non-hydrogen) atoms. The van der Waals surface area contributed by atoms with E-state index in [-0.39, 0.29) is 11.9 Å². The van der Waals surface area contributed by atoms with Gasteiger partial charge in [0.15, 0.2) is 5.82 Å². The number of nitrogens with zero attached hydrogens (tertiary/aromatic N) is 5. The standard InChI is InChI=1S/C21H23N5O/c1-16-23-11-13-25(16)20-15-22-14-18(24-20)19-8-5-12-26(19)21(27)10-9-17-6-3-2-4-7-17/h2-4,6-7,11,13-15,19H,5,8-10,12H2,1H3/t19-/m1/s1. The van der Waals surface area contributed by atoms with E-state index in [1.807, 2.05) is 40.8 Å². The van der Waals surface area contributed by atoms with Crippen molar-refractivity contribution in [2.75, 3.05) is 6.54 Å². The van der Waals surface area contributed by atoms with Gasteiger partial charge in [0.25, 0.3) is 0 Å². The van der Waals surface area contributed by atoms with Crippen LogP contribution in [0.2, 0.25) is 0 Å². The fraction of sp³-hybridized carbons (Fsp3) is 0.333. The van der Waals surface area contributed by atoms with Crippen LogP contribution in [0.25, 0.3) is 5.82 Å². The van der Waals surface area contributed by atoms with Crippen LogP contribution in [0.3, 0.4) is 0 Å². The molecule has 0 aliphatic carbocycles. The second-order valence-corrected chi connectivity index (χ2v) is 6.88. The average Bonchev–Trinajstić information content (AvgIpc) is 3.36. The first-order valence-electron chi connectivity index (χ1n) is 9.38. The Morgan fingerprint density at radius 2 is 2.07 bits per heavy atom. The van der Waals surface area contributed by atoms with Gasteiger partial charge in [-0.25, -0.2) is 9.97 Å². The van der Waals surface area contributed by atoms with Crippen LogP contribution in [0.5, 0.6) is 0 Å². The largest absolute Gasteiger partial charge is 0.334 e. The van der Waals surface area contributed by atoms with E-state index < -0.39 is 0 Å². The molecule has 0 spiro atoms. The highest BCUT2D eigenvalue weighted by atomic mass is 16.2. The molecule has 0 bridgehead atoms. The van der Waals surface area contributed by atoms with Gasteiger partial charge in [0, 0.05) is 25.4 Å². The first-order chi connectivity index (χ1) is 13.2. The molecule has 1 fully saturated rings. The highest BCUT2D eigenvalue weighted by molar-refractivity contribution is 5.77. The summed E-state index contributed by atoms with van der Waals surface area (Å²) in [7, 11) is 0. The maximum Gasteiger partial charge on any atom is 0.223 e. The molecule has 0 radical (unpaired) electrons. The molecule has 1 aliphatic rings. The van der Waals surface area contributed by atoms with E-state index in [0.29, 0.717) is 6.42 Å². The first kappa shape index (κ1) is 17.4. The number of aryl methyl sites for hydroxylation is 2. The van der Waals surface area contributed by atoms with Crippen LogP contribution in [-0.4, -0.2) is 36.9 Å². The van der Waals surface area contributed by atoms with Gasteiger partial charge >= 0.3 is 0 Å². The fourth-order valence-electron chi connectivity index (χ4n) is 3.68. The van der Waals surface area contributed by atoms with Crippen molar-refractivity contribution in [2.45, 2.75) is 38.6 Å². The molecule has 2 aromatic heterocycles. The Kier molecular flexibility index (Phi) is 4.96. The molecule has 0 unspecified atom stereocenters. The van der Waals surface area contributed by atoms with Crippen molar-refractivity contribution in [3.05, 3.63) is 72.2 Å². The molecular weight excluding hydrogens is 338 g/mol. The zero-order chi connectivity index (χ0) is 18.6. The number of hydrogen-bond donors (Lipinski definition) is 0. The number of hydrogen-bond acceptors (Lipinski definition) is 4. The number of amides is 1. The third-order valence-electron chi connectivity index (χ3n) is 5.10. The lowest BCUT2D eigenvalue weighted by Crippen LogP contribution is -2.31. The topological polar surface area (TPSA) is 63.9 Å². The van der Waals surface area contributed by atoms with Gasteiger partial charge in [0.2, 0.25) is 5.91 Å². The predicted octanol–water partition coefficient (Wildman–Crippen LogP) is 3.27. The van der Waals surface area contributed by atoms with E-state index in [4.69, 9.17) is 4.98 Å². The first-order valence-corrected chi connectivity index (χ1v) is 9.38. The van der Waals surface area contributed by atoms with Crippen molar-refractivity contribution < 1.29 is 4.79 Å². The minimum atomic E-state index is 0.00421. The third kappa shape index (κ3) is 3.74. The molecule has 0 saturated carbocycles. The van der Waals surface area contributed by atoms with E-state index in [2.05, 4.69) is 22.1 Å². The summed E-state index contributed by atoms with van der Waals surface area (Å²) in [6.07, 6.45) is 10.4. The quantitative estimate of drug-likeness (QED) is 0.700. The maximum atomic E-state index is 12.8. The number of carbonyl (C=O) groups excluding carboxylic acids is 1. The summed E-state index contributed by atoms with van der Waals surface area (Å²) in [6, 6.07) is 10.2. The second-order valence-electron chi connectivity index (χ2n) is 6.88. The van der Waals surface area contributed by atoms with E-state index in [1.165, 1.54) is 5.56 Å². The Morgan fingerprint density at radius 3 is 2.85 bits per heavy atom. The highest BCUT2D eigenvalue weighted by Crippen LogP contribution is 2.31. The summed E-state index contributed by atoms with van der Waals surface area (Å²) in [5, 5.41) is 0. The van der Waals surface area contributed by atoms with Gasteiger partial charge in [-0.05, 0) is 31.7 Å². The molecular formula is C21H23N5O. The van der Waals surface area contributed by atoms with Gasteiger partial charge in [-0.1, -0.05) is 30.3 Å². The van der Waals surface area contributed by atoms with Crippen molar-refractivity contribution in [3.63, 3.8) is 0 Å². The van der Waals surface area contributed by atoms with Crippen LogP contribution in [0, 0.1) is 6.92 Å². The van der Waals surface area contributed by atoms with Gasteiger partial charge in [-0.3, -0.25) is 14.3 Å². The summed E-state index contributed by atoms with van der Waals surface area (Å²) in [4.78, 5) is 28.2. The summed E-state index contributed by atoms with van der Waals surface area (Å²) in [5.74, 6) is 1.79. The number of likely N-dealkylation sites (tertiary alicyclic amines) is 1. The lowest BCUT2D eigenvalue weighted by Gasteiger charge is -2.24. The Hall–Kier alpha value is -3.02. The van der Waals surface area contributed by atoms with Crippen molar-refractivity contribution >= 4 is 5.91 Å². The monoisotopic (exact) mass is 361 g/mol. The van der Waals surface area contributed by atoms with E-state index in [1.54, 1.807) is 18.6 Å². The lowest BCUT2D eigenvalue weighted by molar-refractivity contribution is -0.132. The van der Waals surface area contributed by atoms with Crippen molar-refractivity contribution in [1.29, 1.82) is 0 Å².